The summed E-state index contributed by atoms with van der Waals surface area (Å²) in [5.41, 5.74) is 1.07. The van der Waals surface area contributed by atoms with Crippen LogP contribution in [0.1, 0.15) is 19.0 Å². The molecular weight excluding hydrogens is 190 g/mol. The Bertz CT molecular complexity index is 316. The molecule has 1 unspecified atom stereocenters. The summed E-state index contributed by atoms with van der Waals surface area (Å²) < 4.78 is 7.48. The summed E-state index contributed by atoms with van der Waals surface area (Å²) in [5, 5.41) is 3.40. The molecule has 0 bridgehead atoms. The van der Waals surface area contributed by atoms with Gasteiger partial charge in [0.1, 0.15) is 0 Å². The first-order valence-corrected chi connectivity index (χ1v) is 5.65. The molecular formula is C11H19N3O. The highest BCUT2D eigenvalue weighted by molar-refractivity contribution is 5.28. The van der Waals surface area contributed by atoms with Gasteiger partial charge in [-0.25, -0.2) is 4.98 Å². The third kappa shape index (κ3) is 2.50. The Hall–Kier alpha value is -1.03. The Morgan fingerprint density at radius 1 is 1.67 bits per heavy atom. The summed E-state index contributed by atoms with van der Waals surface area (Å²) in [7, 11) is 0. The van der Waals surface area contributed by atoms with Gasteiger partial charge >= 0.3 is 0 Å². The van der Waals surface area contributed by atoms with Crippen molar-refractivity contribution in [1.29, 1.82) is 0 Å². The molecule has 0 aromatic carbocycles. The van der Waals surface area contributed by atoms with E-state index in [0.29, 0.717) is 5.92 Å². The molecule has 1 aromatic rings. The fourth-order valence-electron chi connectivity index (χ4n) is 1.91. The normalized spacial score (nSPS) is 20.8. The molecule has 0 saturated carbocycles. The Labute approximate surface area is 90.6 Å². The minimum atomic E-state index is 0.646. The van der Waals surface area contributed by atoms with Gasteiger partial charge in [-0.2, -0.15) is 0 Å². The highest BCUT2D eigenvalue weighted by atomic mass is 16.5. The van der Waals surface area contributed by atoms with Crippen LogP contribution in [0.4, 0.5) is 5.95 Å². The average molecular weight is 209 g/mol. The third-order valence-electron chi connectivity index (χ3n) is 2.81. The van der Waals surface area contributed by atoms with Crippen LogP contribution >= 0.6 is 0 Å². The maximum Gasteiger partial charge on any atom is 0.203 e. The zero-order valence-electron chi connectivity index (χ0n) is 9.49. The third-order valence-corrected chi connectivity index (χ3v) is 2.81. The summed E-state index contributed by atoms with van der Waals surface area (Å²) in [6, 6.07) is 0. The Kier molecular flexibility index (Phi) is 3.26. The van der Waals surface area contributed by atoms with E-state index in [0.717, 1.165) is 37.9 Å². The number of hydrogen-bond acceptors (Lipinski definition) is 3. The molecule has 1 fully saturated rings. The van der Waals surface area contributed by atoms with E-state index in [4.69, 9.17) is 4.74 Å². The predicted molar refractivity (Wildman–Crippen MR) is 60.1 cm³/mol. The second-order valence-corrected chi connectivity index (χ2v) is 4.10. The van der Waals surface area contributed by atoms with Crippen LogP contribution in [0.5, 0.6) is 0 Å². The number of imidazole rings is 1. The summed E-state index contributed by atoms with van der Waals surface area (Å²) in [5.74, 6) is 1.63. The summed E-state index contributed by atoms with van der Waals surface area (Å²) in [4.78, 5) is 4.45. The average Bonchev–Trinajstić information content (AvgIpc) is 2.83. The van der Waals surface area contributed by atoms with E-state index in [1.165, 1.54) is 6.42 Å². The van der Waals surface area contributed by atoms with Crippen molar-refractivity contribution < 1.29 is 4.74 Å². The fraction of sp³-hybridized carbons (Fsp3) is 0.727. The van der Waals surface area contributed by atoms with E-state index in [2.05, 4.69) is 28.0 Å². The van der Waals surface area contributed by atoms with Gasteiger partial charge < -0.3 is 14.6 Å². The van der Waals surface area contributed by atoms with E-state index in [1.54, 1.807) is 0 Å². The van der Waals surface area contributed by atoms with E-state index in [-0.39, 0.29) is 0 Å². The Morgan fingerprint density at radius 2 is 2.53 bits per heavy atom. The Balaban J connectivity index is 1.91. The molecule has 2 heterocycles. The van der Waals surface area contributed by atoms with Gasteiger partial charge in [0.15, 0.2) is 0 Å². The van der Waals surface area contributed by atoms with Crippen molar-refractivity contribution in [2.24, 2.45) is 5.92 Å². The van der Waals surface area contributed by atoms with Crippen LogP contribution in [-0.2, 0) is 11.3 Å². The monoisotopic (exact) mass is 209 g/mol. The number of nitrogens with zero attached hydrogens (tertiary/aromatic N) is 2. The fourth-order valence-corrected chi connectivity index (χ4v) is 1.91. The van der Waals surface area contributed by atoms with E-state index in [1.807, 2.05) is 6.92 Å². The molecule has 2 rings (SSSR count). The molecule has 0 spiro atoms. The molecule has 15 heavy (non-hydrogen) atoms. The highest BCUT2D eigenvalue weighted by Crippen LogP contribution is 2.14. The number of nitrogens with one attached hydrogen (secondary N) is 1. The molecule has 4 nitrogen and oxygen atoms in total. The molecule has 0 aliphatic carbocycles. The number of hydrogen-bond donors (Lipinski definition) is 1. The highest BCUT2D eigenvalue weighted by Gasteiger charge is 2.16. The molecule has 1 N–H and O–H groups in total. The van der Waals surface area contributed by atoms with E-state index >= 15 is 0 Å². The van der Waals surface area contributed by atoms with Crippen LogP contribution in [0.15, 0.2) is 6.20 Å². The van der Waals surface area contributed by atoms with Gasteiger partial charge in [-0.05, 0) is 20.3 Å². The first-order valence-electron chi connectivity index (χ1n) is 5.65. The second kappa shape index (κ2) is 4.66. The molecule has 0 radical (unpaired) electrons. The zero-order valence-corrected chi connectivity index (χ0v) is 9.49. The molecule has 1 aliphatic rings. The summed E-state index contributed by atoms with van der Waals surface area (Å²) in [6.45, 7) is 7.88. The lowest BCUT2D eigenvalue weighted by molar-refractivity contribution is 0.187. The van der Waals surface area contributed by atoms with Crippen molar-refractivity contribution in [2.45, 2.75) is 26.8 Å². The minimum Gasteiger partial charge on any atom is -0.381 e. The van der Waals surface area contributed by atoms with Crippen molar-refractivity contribution >= 4 is 5.95 Å². The largest absolute Gasteiger partial charge is 0.381 e. The van der Waals surface area contributed by atoms with Crippen molar-refractivity contribution in [3.63, 3.8) is 0 Å². The first kappa shape index (κ1) is 10.5. The van der Waals surface area contributed by atoms with Crippen LogP contribution in [0.2, 0.25) is 0 Å². The molecule has 1 aromatic heterocycles. The summed E-state index contributed by atoms with van der Waals surface area (Å²) in [6.07, 6.45) is 3.24. The molecule has 4 heteroatoms. The van der Waals surface area contributed by atoms with Gasteiger partial charge in [0, 0.05) is 31.8 Å². The SMILES string of the molecule is CCn1cc(C)nc1NCC1CCOC1. The van der Waals surface area contributed by atoms with Gasteiger partial charge in [-0.1, -0.05) is 0 Å². The number of rotatable bonds is 4. The minimum absolute atomic E-state index is 0.646. The smallest absolute Gasteiger partial charge is 0.203 e. The van der Waals surface area contributed by atoms with Crippen molar-refractivity contribution in [3.8, 4) is 0 Å². The van der Waals surface area contributed by atoms with Crippen molar-refractivity contribution in [1.82, 2.24) is 9.55 Å². The number of ether oxygens (including phenoxy) is 1. The Morgan fingerprint density at radius 3 is 3.20 bits per heavy atom. The van der Waals surface area contributed by atoms with Crippen LogP contribution in [0, 0.1) is 12.8 Å². The molecule has 1 atom stereocenters. The maximum atomic E-state index is 5.34. The maximum absolute atomic E-state index is 5.34. The predicted octanol–water partition coefficient (Wildman–Crippen LogP) is 1.66. The number of anilines is 1. The molecule has 1 aliphatic heterocycles. The van der Waals surface area contributed by atoms with Crippen molar-refractivity contribution in [2.75, 3.05) is 25.1 Å². The molecule has 1 saturated heterocycles. The first-order chi connectivity index (χ1) is 7.29. The lowest BCUT2D eigenvalue weighted by Gasteiger charge is -2.10. The topological polar surface area (TPSA) is 39.1 Å². The van der Waals surface area contributed by atoms with E-state index < -0.39 is 0 Å². The van der Waals surface area contributed by atoms with Gasteiger partial charge in [-0.3, -0.25) is 0 Å². The molecule has 84 valence electrons. The number of aryl methyl sites for hydroxylation is 2. The molecule has 0 amide bonds. The van der Waals surface area contributed by atoms with Gasteiger partial charge in [-0.15, -0.1) is 0 Å². The van der Waals surface area contributed by atoms with Crippen LogP contribution in [0.3, 0.4) is 0 Å². The standard InChI is InChI=1S/C11H19N3O/c1-3-14-7-9(2)13-11(14)12-6-10-4-5-15-8-10/h7,10H,3-6,8H2,1-2H3,(H,12,13). The van der Waals surface area contributed by atoms with Gasteiger partial charge in [0.05, 0.1) is 12.3 Å². The lowest BCUT2D eigenvalue weighted by Crippen LogP contribution is -2.16. The number of aromatic nitrogens is 2. The van der Waals surface area contributed by atoms with Crippen LogP contribution < -0.4 is 5.32 Å². The van der Waals surface area contributed by atoms with Crippen molar-refractivity contribution in [3.05, 3.63) is 11.9 Å². The zero-order chi connectivity index (χ0) is 10.7. The van der Waals surface area contributed by atoms with E-state index in [9.17, 15) is 0 Å². The van der Waals surface area contributed by atoms with Crippen LogP contribution in [0.25, 0.3) is 0 Å². The second-order valence-electron chi connectivity index (χ2n) is 4.10. The van der Waals surface area contributed by atoms with Gasteiger partial charge in [0.2, 0.25) is 5.95 Å². The quantitative estimate of drug-likeness (QED) is 0.819. The van der Waals surface area contributed by atoms with Crippen LogP contribution in [-0.4, -0.2) is 29.3 Å². The van der Waals surface area contributed by atoms with Gasteiger partial charge in [0.25, 0.3) is 0 Å². The summed E-state index contributed by atoms with van der Waals surface area (Å²) >= 11 is 0. The lowest BCUT2D eigenvalue weighted by atomic mass is 10.1.